The van der Waals surface area contributed by atoms with E-state index in [0.717, 1.165) is 4.57 Å². The van der Waals surface area contributed by atoms with E-state index >= 15 is 0 Å². The van der Waals surface area contributed by atoms with Gasteiger partial charge in [-0.15, -0.1) is 0 Å². The Hall–Kier alpha value is -3.36. The molecule has 0 aliphatic heterocycles. The molecule has 0 aliphatic carbocycles. The van der Waals surface area contributed by atoms with E-state index in [0.29, 0.717) is 21.6 Å². The summed E-state index contributed by atoms with van der Waals surface area (Å²) in [6.07, 6.45) is 0. The summed E-state index contributed by atoms with van der Waals surface area (Å²) in [5.74, 6) is 0. The second-order valence-corrected chi connectivity index (χ2v) is 8.34. The van der Waals surface area contributed by atoms with Gasteiger partial charge in [0.2, 0.25) is 0 Å². The number of aromatic nitrogens is 2. The Kier molecular flexibility index (Phi) is 4.73. The molecule has 146 valence electrons. The zero-order valence-electron chi connectivity index (χ0n) is 14.8. The molecule has 9 heteroatoms. The molecule has 4 aromatic rings. The molecule has 7 nitrogen and oxygen atoms in total. The summed E-state index contributed by atoms with van der Waals surface area (Å²) in [6, 6.07) is 18.5. The first kappa shape index (κ1) is 19.0. The van der Waals surface area contributed by atoms with Crippen LogP contribution >= 0.6 is 11.6 Å². The first-order valence-electron chi connectivity index (χ1n) is 8.48. The van der Waals surface area contributed by atoms with E-state index in [1.807, 2.05) is 0 Å². The Morgan fingerprint density at radius 3 is 2.34 bits per heavy atom. The van der Waals surface area contributed by atoms with Crippen molar-refractivity contribution in [2.45, 2.75) is 4.90 Å². The maximum absolute atomic E-state index is 12.7. The lowest BCUT2D eigenvalue weighted by Gasteiger charge is -2.10. The molecule has 0 fully saturated rings. The number of hydrogen-bond acceptors (Lipinski definition) is 4. The summed E-state index contributed by atoms with van der Waals surface area (Å²) in [5, 5.41) is 0.677. The lowest BCUT2D eigenvalue weighted by molar-refractivity contribution is 0.601. The van der Waals surface area contributed by atoms with Gasteiger partial charge in [0, 0.05) is 10.7 Å². The van der Waals surface area contributed by atoms with Gasteiger partial charge in [-0.05, 0) is 54.6 Å². The third-order valence-corrected chi connectivity index (χ3v) is 5.90. The molecule has 0 saturated heterocycles. The summed E-state index contributed by atoms with van der Waals surface area (Å²) in [5.41, 5.74) is -0.00563. The van der Waals surface area contributed by atoms with Crippen molar-refractivity contribution in [1.82, 2.24) is 9.55 Å². The minimum atomic E-state index is -3.83. The van der Waals surface area contributed by atoms with Gasteiger partial charge in [-0.25, -0.2) is 17.8 Å². The van der Waals surface area contributed by atoms with Gasteiger partial charge in [0.25, 0.3) is 15.6 Å². The van der Waals surface area contributed by atoms with Crippen LogP contribution in [-0.4, -0.2) is 18.0 Å². The zero-order chi connectivity index (χ0) is 20.6. The van der Waals surface area contributed by atoms with E-state index in [9.17, 15) is 18.0 Å². The van der Waals surface area contributed by atoms with Crippen molar-refractivity contribution in [2.75, 3.05) is 4.72 Å². The monoisotopic (exact) mass is 427 g/mol. The number of rotatable bonds is 4. The molecular formula is C20H14ClN3O4S. The third kappa shape index (κ3) is 3.67. The van der Waals surface area contributed by atoms with Crippen LogP contribution in [0, 0.1) is 0 Å². The third-order valence-electron chi connectivity index (χ3n) is 4.29. The van der Waals surface area contributed by atoms with Crippen LogP contribution < -0.4 is 16.0 Å². The van der Waals surface area contributed by atoms with E-state index in [4.69, 9.17) is 11.6 Å². The first-order valence-corrected chi connectivity index (χ1v) is 10.3. The van der Waals surface area contributed by atoms with Gasteiger partial charge in [-0.1, -0.05) is 29.8 Å². The van der Waals surface area contributed by atoms with Crippen molar-refractivity contribution in [1.29, 1.82) is 0 Å². The van der Waals surface area contributed by atoms with Crippen LogP contribution in [0.3, 0.4) is 0 Å². The largest absolute Gasteiger partial charge is 0.333 e. The lowest BCUT2D eigenvalue weighted by atomic mass is 10.2. The highest BCUT2D eigenvalue weighted by Gasteiger charge is 2.15. The van der Waals surface area contributed by atoms with Crippen LogP contribution in [0.4, 0.5) is 5.69 Å². The van der Waals surface area contributed by atoms with Gasteiger partial charge in [-0.2, -0.15) is 0 Å². The van der Waals surface area contributed by atoms with E-state index in [-0.39, 0.29) is 10.6 Å². The molecule has 0 atom stereocenters. The Morgan fingerprint density at radius 1 is 0.897 bits per heavy atom. The molecule has 0 radical (unpaired) electrons. The van der Waals surface area contributed by atoms with Crippen molar-refractivity contribution in [3.05, 3.63) is 98.7 Å². The van der Waals surface area contributed by atoms with Crippen molar-refractivity contribution >= 4 is 38.2 Å². The summed E-state index contributed by atoms with van der Waals surface area (Å²) >= 11 is 5.86. The summed E-state index contributed by atoms with van der Waals surface area (Å²) in [7, 11) is -3.83. The number of halogens is 1. The molecule has 4 rings (SSSR count). The number of nitrogens with one attached hydrogen (secondary N) is 2. The quantitative estimate of drug-likeness (QED) is 0.522. The van der Waals surface area contributed by atoms with Crippen molar-refractivity contribution in [3.63, 3.8) is 0 Å². The fourth-order valence-electron chi connectivity index (χ4n) is 2.92. The highest BCUT2D eigenvalue weighted by Crippen LogP contribution is 2.20. The maximum atomic E-state index is 12.7. The Morgan fingerprint density at radius 2 is 1.62 bits per heavy atom. The van der Waals surface area contributed by atoms with Crippen LogP contribution in [0.5, 0.6) is 0 Å². The van der Waals surface area contributed by atoms with Crippen LogP contribution in [-0.2, 0) is 10.0 Å². The normalized spacial score (nSPS) is 11.5. The van der Waals surface area contributed by atoms with Crippen LogP contribution in [0.15, 0.2) is 87.3 Å². The van der Waals surface area contributed by atoms with Crippen molar-refractivity contribution in [3.8, 4) is 5.69 Å². The molecule has 2 N–H and O–H groups in total. The minimum Gasteiger partial charge on any atom is -0.306 e. The number of para-hydroxylation sites is 1. The molecule has 0 bridgehead atoms. The molecule has 29 heavy (non-hydrogen) atoms. The smallest absolute Gasteiger partial charge is 0.306 e. The maximum Gasteiger partial charge on any atom is 0.333 e. The second-order valence-electron chi connectivity index (χ2n) is 6.23. The van der Waals surface area contributed by atoms with Gasteiger partial charge in [0.1, 0.15) is 0 Å². The SMILES string of the molecule is O=c1[nH]c2ccccc2c(=O)n1-c1ccc(NS(=O)(=O)c2cccc(Cl)c2)cc1. The molecule has 0 spiro atoms. The molecule has 0 amide bonds. The van der Waals surface area contributed by atoms with E-state index in [1.165, 1.54) is 36.4 Å². The topological polar surface area (TPSA) is 101 Å². The summed E-state index contributed by atoms with van der Waals surface area (Å²) in [6.45, 7) is 0. The predicted octanol–water partition coefficient (Wildman–Crippen LogP) is 3.13. The molecule has 3 aromatic carbocycles. The molecular weight excluding hydrogens is 414 g/mol. The predicted molar refractivity (Wildman–Crippen MR) is 112 cm³/mol. The second kappa shape index (κ2) is 7.23. The first-order chi connectivity index (χ1) is 13.8. The van der Waals surface area contributed by atoms with Crippen LogP contribution in [0.25, 0.3) is 16.6 Å². The Bertz CT molecular complexity index is 1440. The van der Waals surface area contributed by atoms with Gasteiger partial charge in [0.05, 0.1) is 21.5 Å². The van der Waals surface area contributed by atoms with Crippen molar-refractivity contribution in [2.24, 2.45) is 0 Å². The number of anilines is 1. The number of benzene rings is 3. The fraction of sp³-hybridized carbons (Fsp3) is 0. The highest BCUT2D eigenvalue weighted by molar-refractivity contribution is 7.92. The molecule has 0 unspecified atom stereocenters. The number of aromatic amines is 1. The van der Waals surface area contributed by atoms with Crippen LogP contribution in [0.2, 0.25) is 5.02 Å². The van der Waals surface area contributed by atoms with E-state index < -0.39 is 21.3 Å². The minimum absolute atomic E-state index is 0.0243. The lowest BCUT2D eigenvalue weighted by Crippen LogP contribution is -2.33. The summed E-state index contributed by atoms with van der Waals surface area (Å²) in [4.78, 5) is 27.8. The number of H-pyrrole nitrogens is 1. The number of sulfonamides is 1. The molecule has 0 saturated carbocycles. The average Bonchev–Trinajstić information content (AvgIpc) is 2.69. The zero-order valence-corrected chi connectivity index (χ0v) is 16.4. The standard InChI is InChI=1S/C20H14ClN3O4S/c21-13-4-3-5-16(12-13)29(27,28)23-14-8-10-15(11-9-14)24-19(25)17-6-1-2-7-18(17)22-20(24)26/h1-12,23H,(H,22,26). The number of nitrogens with zero attached hydrogens (tertiary/aromatic N) is 1. The molecule has 0 aliphatic rings. The van der Waals surface area contributed by atoms with Gasteiger partial charge >= 0.3 is 5.69 Å². The molecule has 1 heterocycles. The fourth-order valence-corrected chi connectivity index (χ4v) is 4.28. The van der Waals surface area contributed by atoms with E-state index in [2.05, 4.69) is 9.71 Å². The van der Waals surface area contributed by atoms with E-state index in [1.54, 1.807) is 36.4 Å². The van der Waals surface area contributed by atoms with Crippen LogP contribution in [0.1, 0.15) is 0 Å². The highest BCUT2D eigenvalue weighted by atomic mass is 35.5. The molecule has 1 aromatic heterocycles. The Balaban J connectivity index is 1.70. The number of hydrogen-bond donors (Lipinski definition) is 2. The van der Waals surface area contributed by atoms with Gasteiger partial charge in [0.15, 0.2) is 0 Å². The van der Waals surface area contributed by atoms with Gasteiger partial charge < -0.3 is 4.98 Å². The Labute approximate surface area is 170 Å². The average molecular weight is 428 g/mol. The number of fused-ring (bicyclic) bond motifs is 1. The summed E-state index contributed by atoms with van der Waals surface area (Å²) < 4.78 is 28.4. The van der Waals surface area contributed by atoms with Gasteiger partial charge in [-0.3, -0.25) is 9.52 Å². The van der Waals surface area contributed by atoms with Crippen molar-refractivity contribution < 1.29 is 8.42 Å².